The summed E-state index contributed by atoms with van der Waals surface area (Å²) in [6, 6.07) is 20.2. The average Bonchev–Trinajstić information content (AvgIpc) is 2.68. The summed E-state index contributed by atoms with van der Waals surface area (Å²) in [6.07, 6.45) is 0. The highest BCUT2D eigenvalue weighted by molar-refractivity contribution is 6.31. The van der Waals surface area contributed by atoms with Crippen LogP contribution in [0.3, 0.4) is 0 Å². The molecule has 2 heteroatoms. The third kappa shape index (κ3) is 5.69. The first kappa shape index (κ1) is 26.4. The minimum absolute atomic E-state index is 0.00158. The topological polar surface area (TPSA) is 3.24 Å². The van der Waals surface area contributed by atoms with Crippen molar-refractivity contribution in [2.75, 3.05) is 4.90 Å². The Morgan fingerprint density at radius 1 is 0.529 bits per heavy atom. The van der Waals surface area contributed by atoms with Gasteiger partial charge in [-0.3, -0.25) is 0 Å². The monoisotopic (exact) mass is 475 g/mol. The van der Waals surface area contributed by atoms with Gasteiger partial charge in [0.05, 0.1) is 5.69 Å². The zero-order valence-corrected chi connectivity index (χ0v) is 23.8. The van der Waals surface area contributed by atoms with E-state index in [1.807, 2.05) is 0 Å². The van der Waals surface area contributed by atoms with E-state index in [1.54, 1.807) is 0 Å². The van der Waals surface area contributed by atoms with E-state index in [2.05, 4.69) is 136 Å². The quantitative estimate of drug-likeness (QED) is 0.364. The molecule has 0 atom stereocenters. The third-order valence-corrected chi connectivity index (χ3v) is 6.80. The number of rotatable bonds is 3. The van der Waals surface area contributed by atoms with Crippen molar-refractivity contribution in [3.05, 3.63) is 87.4 Å². The van der Waals surface area contributed by atoms with Gasteiger partial charge in [0.25, 0.3) is 0 Å². The number of anilines is 3. The number of aryl methyl sites for hydroxylation is 2. The molecular formula is C32H42ClN. The van der Waals surface area contributed by atoms with Crippen molar-refractivity contribution in [3.63, 3.8) is 0 Å². The van der Waals surface area contributed by atoms with E-state index < -0.39 is 0 Å². The Hall–Kier alpha value is -2.25. The van der Waals surface area contributed by atoms with Crippen LogP contribution in [-0.2, 0) is 16.2 Å². The summed E-state index contributed by atoms with van der Waals surface area (Å²) in [7, 11) is 0. The molecule has 0 aromatic heterocycles. The maximum Gasteiger partial charge on any atom is 0.0520 e. The van der Waals surface area contributed by atoms with Crippen LogP contribution < -0.4 is 4.90 Å². The fourth-order valence-corrected chi connectivity index (χ4v) is 4.62. The highest BCUT2D eigenvalue weighted by Gasteiger charge is 2.24. The lowest BCUT2D eigenvalue weighted by Gasteiger charge is -2.32. The Morgan fingerprint density at radius 2 is 0.971 bits per heavy atom. The van der Waals surface area contributed by atoms with Crippen molar-refractivity contribution in [1.82, 2.24) is 0 Å². The van der Waals surface area contributed by atoms with Crippen LogP contribution in [0, 0.1) is 13.8 Å². The van der Waals surface area contributed by atoms with Crippen LogP contribution in [0.1, 0.15) is 90.1 Å². The van der Waals surface area contributed by atoms with Crippen molar-refractivity contribution in [2.24, 2.45) is 0 Å². The molecule has 0 aliphatic heterocycles. The maximum absolute atomic E-state index is 6.70. The summed E-state index contributed by atoms with van der Waals surface area (Å²) in [5.74, 6) is 0. The van der Waals surface area contributed by atoms with E-state index in [9.17, 15) is 0 Å². The molecule has 182 valence electrons. The standard InChI is InChI=1S/C32H42ClN/c1-21-16-24(31(6,7)8)17-22(2)29(21)34(27-14-12-23(13-15-27)30(3,4)5)28-19-25(32(9,10)11)18-26(33)20-28/h12-20H,1-11H3. The Bertz CT molecular complexity index is 1140. The van der Waals surface area contributed by atoms with E-state index in [0.29, 0.717) is 0 Å². The lowest BCUT2D eigenvalue weighted by Crippen LogP contribution is -2.18. The maximum atomic E-state index is 6.70. The summed E-state index contributed by atoms with van der Waals surface area (Å²) in [4.78, 5) is 2.38. The second-order valence-electron chi connectivity index (χ2n) is 12.8. The normalized spacial score (nSPS) is 12.7. The molecule has 0 fully saturated rings. The minimum atomic E-state index is 0.00158. The molecule has 0 bridgehead atoms. The van der Waals surface area contributed by atoms with Crippen LogP contribution in [0.15, 0.2) is 54.6 Å². The van der Waals surface area contributed by atoms with E-state index in [0.717, 1.165) is 16.4 Å². The SMILES string of the molecule is Cc1cc(C(C)(C)C)cc(C)c1N(c1ccc(C(C)(C)C)cc1)c1cc(Cl)cc(C(C)(C)C)c1. The third-order valence-electron chi connectivity index (χ3n) is 6.58. The zero-order valence-electron chi connectivity index (χ0n) is 23.0. The molecule has 34 heavy (non-hydrogen) atoms. The largest absolute Gasteiger partial charge is 0.310 e. The fraction of sp³-hybridized carbons (Fsp3) is 0.438. The number of benzene rings is 3. The molecule has 0 heterocycles. The Labute approximate surface area is 213 Å². The number of halogens is 1. The predicted molar refractivity (Wildman–Crippen MR) is 152 cm³/mol. The Kier molecular flexibility index (Phi) is 7.04. The van der Waals surface area contributed by atoms with Gasteiger partial charge in [-0.05, 0) is 88.2 Å². The molecule has 3 aromatic carbocycles. The molecule has 0 saturated carbocycles. The van der Waals surface area contributed by atoms with E-state index in [-0.39, 0.29) is 16.2 Å². The molecule has 3 rings (SSSR count). The lowest BCUT2D eigenvalue weighted by molar-refractivity contribution is 0.589. The molecule has 0 amide bonds. The van der Waals surface area contributed by atoms with Gasteiger partial charge in [0.15, 0.2) is 0 Å². The van der Waals surface area contributed by atoms with Gasteiger partial charge in [-0.2, -0.15) is 0 Å². The van der Waals surface area contributed by atoms with Gasteiger partial charge in [0.1, 0.15) is 0 Å². The molecule has 0 unspecified atom stereocenters. The van der Waals surface area contributed by atoms with Gasteiger partial charge < -0.3 is 4.90 Å². The molecule has 3 aromatic rings. The summed E-state index contributed by atoms with van der Waals surface area (Å²) >= 11 is 6.70. The Balaban J connectivity index is 2.30. The van der Waals surface area contributed by atoms with Crippen LogP contribution in [0.2, 0.25) is 5.02 Å². The fourth-order valence-electron chi connectivity index (χ4n) is 4.40. The summed E-state index contributed by atoms with van der Waals surface area (Å²) in [6.45, 7) is 24.7. The highest BCUT2D eigenvalue weighted by Crippen LogP contribution is 2.43. The molecule has 0 N–H and O–H groups in total. The number of hydrogen-bond donors (Lipinski definition) is 0. The van der Waals surface area contributed by atoms with Gasteiger partial charge in [-0.15, -0.1) is 0 Å². The second-order valence-corrected chi connectivity index (χ2v) is 13.2. The summed E-state index contributed by atoms with van der Waals surface area (Å²) in [5, 5.41) is 0.764. The van der Waals surface area contributed by atoms with Gasteiger partial charge in [-0.1, -0.05) is 98.2 Å². The highest BCUT2D eigenvalue weighted by atomic mass is 35.5. The van der Waals surface area contributed by atoms with Crippen molar-refractivity contribution in [2.45, 2.75) is 92.4 Å². The molecule has 1 nitrogen and oxygen atoms in total. The first-order chi connectivity index (χ1) is 15.5. The van der Waals surface area contributed by atoms with E-state index >= 15 is 0 Å². The van der Waals surface area contributed by atoms with Gasteiger partial charge >= 0.3 is 0 Å². The molecule has 0 aliphatic carbocycles. The van der Waals surface area contributed by atoms with Crippen molar-refractivity contribution >= 4 is 28.7 Å². The van der Waals surface area contributed by atoms with Crippen LogP contribution in [0.25, 0.3) is 0 Å². The molecule has 0 saturated heterocycles. The van der Waals surface area contributed by atoms with Crippen LogP contribution in [0.4, 0.5) is 17.1 Å². The molecule has 0 radical (unpaired) electrons. The number of hydrogen-bond acceptors (Lipinski definition) is 1. The Morgan fingerprint density at radius 3 is 1.41 bits per heavy atom. The van der Waals surface area contributed by atoms with Crippen molar-refractivity contribution in [3.8, 4) is 0 Å². The smallest absolute Gasteiger partial charge is 0.0520 e. The zero-order chi connectivity index (χ0) is 25.6. The van der Waals surface area contributed by atoms with E-state index in [1.165, 1.54) is 33.5 Å². The molecular weight excluding hydrogens is 434 g/mol. The number of nitrogens with zero attached hydrogens (tertiary/aromatic N) is 1. The second kappa shape index (κ2) is 9.08. The first-order valence-electron chi connectivity index (χ1n) is 12.3. The summed E-state index contributed by atoms with van der Waals surface area (Å²) in [5.41, 5.74) is 10.1. The average molecular weight is 476 g/mol. The van der Waals surface area contributed by atoms with Gasteiger partial charge in [-0.25, -0.2) is 0 Å². The summed E-state index contributed by atoms with van der Waals surface area (Å²) < 4.78 is 0. The van der Waals surface area contributed by atoms with Crippen LogP contribution >= 0.6 is 11.6 Å². The van der Waals surface area contributed by atoms with Gasteiger partial charge in [0.2, 0.25) is 0 Å². The van der Waals surface area contributed by atoms with Crippen LogP contribution in [0.5, 0.6) is 0 Å². The minimum Gasteiger partial charge on any atom is -0.310 e. The first-order valence-corrected chi connectivity index (χ1v) is 12.7. The molecule has 0 aliphatic rings. The predicted octanol–water partition coefficient (Wildman–Crippen LogP) is 10.3. The van der Waals surface area contributed by atoms with Crippen molar-refractivity contribution in [1.29, 1.82) is 0 Å². The van der Waals surface area contributed by atoms with E-state index in [4.69, 9.17) is 11.6 Å². The van der Waals surface area contributed by atoms with Gasteiger partial charge in [0, 0.05) is 16.4 Å². The van der Waals surface area contributed by atoms with Crippen molar-refractivity contribution < 1.29 is 0 Å². The molecule has 0 spiro atoms. The lowest BCUT2D eigenvalue weighted by atomic mass is 9.84. The van der Waals surface area contributed by atoms with Crippen LogP contribution in [-0.4, -0.2) is 0 Å².